The summed E-state index contributed by atoms with van der Waals surface area (Å²) in [6.07, 6.45) is 0.604. The molecule has 1 aromatic carbocycles. The molecule has 0 N–H and O–H groups in total. The molecular formula is C12H9N3S. The summed E-state index contributed by atoms with van der Waals surface area (Å²) < 4.78 is 1.25. The van der Waals surface area contributed by atoms with Gasteiger partial charge in [-0.2, -0.15) is 0 Å². The van der Waals surface area contributed by atoms with E-state index >= 15 is 0 Å². The van der Waals surface area contributed by atoms with Crippen LogP contribution in [0.25, 0.3) is 20.5 Å². The summed E-state index contributed by atoms with van der Waals surface area (Å²) in [6.45, 7) is 0.435. The molecule has 1 heterocycles. The van der Waals surface area contributed by atoms with Gasteiger partial charge in [-0.15, -0.1) is 11.3 Å². The number of nitrogens with zero attached hydrogens (tertiary/aromatic N) is 3. The fraction of sp³-hybridized carbons (Fsp3) is 0.167. The highest BCUT2D eigenvalue weighted by Gasteiger charge is 1.94. The molecule has 0 spiro atoms. The van der Waals surface area contributed by atoms with E-state index < -0.39 is 0 Å². The Morgan fingerprint density at radius 3 is 3.19 bits per heavy atom. The normalized spacial score (nSPS) is 9.25. The van der Waals surface area contributed by atoms with Crippen molar-refractivity contribution in [2.45, 2.75) is 6.42 Å². The molecule has 0 radical (unpaired) electrons. The maximum Gasteiger partial charge on any atom is 0.0367 e. The van der Waals surface area contributed by atoms with Crippen LogP contribution in [0.5, 0.6) is 0 Å². The largest absolute Gasteiger partial charge is 0.144 e. The number of hydrogen-bond donors (Lipinski definition) is 0. The van der Waals surface area contributed by atoms with Gasteiger partial charge in [0.2, 0.25) is 0 Å². The van der Waals surface area contributed by atoms with Crippen LogP contribution < -0.4 is 0 Å². The lowest BCUT2D eigenvalue weighted by atomic mass is 10.2. The molecule has 78 valence electrons. The molecule has 0 fully saturated rings. The second-order valence-electron chi connectivity index (χ2n) is 3.18. The van der Waals surface area contributed by atoms with Crippen LogP contribution in [0, 0.1) is 11.8 Å². The Morgan fingerprint density at radius 1 is 1.38 bits per heavy atom. The number of azide groups is 1. The minimum absolute atomic E-state index is 0.435. The first-order chi connectivity index (χ1) is 7.90. The van der Waals surface area contributed by atoms with E-state index in [1.807, 2.05) is 6.07 Å². The lowest BCUT2D eigenvalue weighted by Crippen LogP contribution is -1.75. The van der Waals surface area contributed by atoms with Crippen molar-refractivity contribution in [3.63, 3.8) is 0 Å². The quantitative estimate of drug-likeness (QED) is 0.245. The van der Waals surface area contributed by atoms with E-state index in [0.29, 0.717) is 13.0 Å². The molecule has 0 aliphatic carbocycles. The van der Waals surface area contributed by atoms with Crippen LogP contribution in [0.15, 0.2) is 34.8 Å². The molecule has 3 nitrogen and oxygen atoms in total. The maximum absolute atomic E-state index is 8.09. The lowest BCUT2D eigenvalue weighted by molar-refractivity contribution is 1.01. The average molecular weight is 227 g/mol. The SMILES string of the molecule is [N-]=[N+]=NCCC#Cc1ccc2ccsc2c1. The van der Waals surface area contributed by atoms with Crippen LogP contribution in [0.3, 0.4) is 0 Å². The van der Waals surface area contributed by atoms with Gasteiger partial charge in [-0.05, 0) is 34.5 Å². The van der Waals surface area contributed by atoms with Gasteiger partial charge in [0.1, 0.15) is 0 Å². The topological polar surface area (TPSA) is 48.8 Å². The summed E-state index contributed by atoms with van der Waals surface area (Å²) in [7, 11) is 0. The van der Waals surface area contributed by atoms with Gasteiger partial charge >= 0.3 is 0 Å². The maximum atomic E-state index is 8.09. The molecule has 4 heteroatoms. The molecule has 0 aliphatic rings. The van der Waals surface area contributed by atoms with Gasteiger partial charge in [-0.1, -0.05) is 23.0 Å². The Kier molecular flexibility index (Phi) is 3.45. The molecule has 0 aliphatic heterocycles. The van der Waals surface area contributed by atoms with Gasteiger partial charge in [-0.3, -0.25) is 0 Å². The molecule has 0 saturated carbocycles. The molecule has 1 aromatic heterocycles. The van der Waals surface area contributed by atoms with Gasteiger partial charge in [-0.25, -0.2) is 0 Å². The summed E-state index contributed by atoms with van der Waals surface area (Å²) in [6, 6.07) is 8.26. The van der Waals surface area contributed by atoms with Gasteiger partial charge in [0.25, 0.3) is 0 Å². The smallest absolute Gasteiger partial charge is 0.0367 e. The van der Waals surface area contributed by atoms with E-state index in [1.165, 1.54) is 10.1 Å². The van der Waals surface area contributed by atoms with E-state index in [1.54, 1.807) is 11.3 Å². The van der Waals surface area contributed by atoms with Crippen LogP contribution in [-0.4, -0.2) is 6.54 Å². The third-order valence-electron chi connectivity index (χ3n) is 2.09. The van der Waals surface area contributed by atoms with Crippen molar-refractivity contribution in [2.75, 3.05) is 6.54 Å². The second-order valence-corrected chi connectivity index (χ2v) is 4.13. The first kappa shape index (κ1) is 10.6. The average Bonchev–Trinajstić information content (AvgIpc) is 2.76. The monoisotopic (exact) mass is 227 g/mol. The minimum atomic E-state index is 0.435. The number of benzene rings is 1. The highest BCUT2D eigenvalue weighted by atomic mass is 32.1. The standard InChI is InChI=1S/C12H9N3S/c13-15-14-7-2-1-3-10-4-5-11-6-8-16-12(11)9-10/h4-6,8-9H,2,7H2. The van der Waals surface area contributed by atoms with Crippen molar-refractivity contribution in [1.29, 1.82) is 0 Å². The van der Waals surface area contributed by atoms with Crippen LogP contribution >= 0.6 is 11.3 Å². The van der Waals surface area contributed by atoms with Crippen LogP contribution in [0.1, 0.15) is 12.0 Å². The van der Waals surface area contributed by atoms with E-state index in [4.69, 9.17) is 5.53 Å². The van der Waals surface area contributed by atoms with Crippen molar-refractivity contribution < 1.29 is 0 Å². The molecule has 0 amide bonds. The fourth-order valence-corrected chi connectivity index (χ4v) is 2.18. The Hall–Kier alpha value is -1.95. The summed E-state index contributed by atoms with van der Waals surface area (Å²) in [4.78, 5) is 2.67. The van der Waals surface area contributed by atoms with Crippen molar-refractivity contribution in [2.24, 2.45) is 5.11 Å². The number of thiophene rings is 1. The second kappa shape index (κ2) is 5.22. The minimum Gasteiger partial charge on any atom is -0.144 e. The third-order valence-corrected chi connectivity index (χ3v) is 2.97. The molecule has 2 aromatic rings. The highest BCUT2D eigenvalue weighted by Crippen LogP contribution is 2.21. The molecule has 0 saturated heterocycles. The van der Waals surface area contributed by atoms with Crippen LogP contribution in [0.4, 0.5) is 0 Å². The van der Waals surface area contributed by atoms with E-state index in [2.05, 4.69) is 45.4 Å². The Morgan fingerprint density at radius 2 is 2.31 bits per heavy atom. The predicted molar refractivity (Wildman–Crippen MR) is 67.3 cm³/mol. The molecule has 16 heavy (non-hydrogen) atoms. The lowest BCUT2D eigenvalue weighted by Gasteiger charge is -1.90. The Labute approximate surface area is 97.3 Å². The van der Waals surface area contributed by atoms with Gasteiger partial charge < -0.3 is 0 Å². The third kappa shape index (κ3) is 2.54. The summed E-state index contributed by atoms with van der Waals surface area (Å²) in [5, 5.41) is 6.75. The van der Waals surface area contributed by atoms with E-state index in [9.17, 15) is 0 Å². The van der Waals surface area contributed by atoms with E-state index in [-0.39, 0.29) is 0 Å². The Bertz CT molecular complexity index is 597. The molecule has 0 atom stereocenters. The zero-order chi connectivity index (χ0) is 11.2. The van der Waals surface area contributed by atoms with Gasteiger partial charge in [0.15, 0.2) is 0 Å². The molecular weight excluding hydrogens is 218 g/mol. The number of rotatable bonds is 2. The first-order valence-corrected chi connectivity index (χ1v) is 5.75. The predicted octanol–water partition coefficient (Wildman–Crippen LogP) is 3.95. The van der Waals surface area contributed by atoms with Crippen molar-refractivity contribution in [3.8, 4) is 11.8 Å². The van der Waals surface area contributed by atoms with Gasteiger partial charge in [0, 0.05) is 28.1 Å². The highest BCUT2D eigenvalue weighted by molar-refractivity contribution is 7.17. The first-order valence-electron chi connectivity index (χ1n) is 4.87. The number of hydrogen-bond acceptors (Lipinski definition) is 2. The van der Waals surface area contributed by atoms with E-state index in [0.717, 1.165) is 5.56 Å². The van der Waals surface area contributed by atoms with Crippen LogP contribution in [-0.2, 0) is 0 Å². The Balaban J connectivity index is 2.11. The molecule has 2 rings (SSSR count). The fourth-order valence-electron chi connectivity index (χ4n) is 1.35. The summed E-state index contributed by atoms with van der Waals surface area (Å²) in [5.41, 5.74) is 9.10. The molecule has 0 bridgehead atoms. The zero-order valence-electron chi connectivity index (χ0n) is 8.55. The van der Waals surface area contributed by atoms with Crippen molar-refractivity contribution in [3.05, 3.63) is 45.7 Å². The molecule has 0 unspecified atom stereocenters. The zero-order valence-corrected chi connectivity index (χ0v) is 9.37. The van der Waals surface area contributed by atoms with Crippen molar-refractivity contribution >= 4 is 21.4 Å². The summed E-state index contributed by atoms with van der Waals surface area (Å²) >= 11 is 1.71. The number of fused-ring (bicyclic) bond motifs is 1. The van der Waals surface area contributed by atoms with Gasteiger partial charge in [0.05, 0.1) is 0 Å². The van der Waals surface area contributed by atoms with Crippen molar-refractivity contribution in [1.82, 2.24) is 0 Å². The summed E-state index contributed by atoms with van der Waals surface area (Å²) in [5.74, 6) is 6.04. The van der Waals surface area contributed by atoms with Crippen LogP contribution in [0.2, 0.25) is 0 Å².